The van der Waals surface area contributed by atoms with Crippen LogP contribution < -0.4 is 5.32 Å². The van der Waals surface area contributed by atoms with Gasteiger partial charge in [-0.05, 0) is 42.4 Å². The summed E-state index contributed by atoms with van der Waals surface area (Å²) in [5.74, 6) is 0.837. The monoisotopic (exact) mass is 353 g/mol. The van der Waals surface area contributed by atoms with E-state index in [4.69, 9.17) is 4.74 Å². The smallest absolute Gasteiger partial charge is 0.254 e. The van der Waals surface area contributed by atoms with Gasteiger partial charge in [0.25, 0.3) is 5.91 Å². The highest BCUT2D eigenvalue weighted by atomic mass is 16.5. The van der Waals surface area contributed by atoms with Gasteiger partial charge in [0.05, 0.1) is 13.2 Å². The summed E-state index contributed by atoms with van der Waals surface area (Å²) in [4.78, 5) is 18.9. The molecule has 0 atom stereocenters. The fraction of sp³-hybridized carbons (Fsp3) is 0.333. The van der Waals surface area contributed by atoms with Crippen molar-refractivity contribution in [1.82, 2.24) is 9.88 Å². The van der Waals surface area contributed by atoms with Crippen LogP contribution in [0.3, 0.4) is 0 Å². The normalized spacial score (nSPS) is 13.4. The zero-order valence-electron chi connectivity index (χ0n) is 15.8. The molecule has 1 amide bonds. The summed E-state index contributed by atoms with van der Waals surface area (Å²) in [6.45, 7) is 12.1. The van der Waals surface area contributed by atoms with Crippen LogP contribution in [0.2, 0.25) is 0 Å². The van der Waals surface area contributed by atoms with E-state index in [2.05, 4.69) is 22.9 Å². The second-order valence-electron chi connectivity index (χ2n) is 5.72. The number of aromatic nitrogens is 1. The van der Waals surface area contributed by atoms with E-state index in [-0.39, 0.29) is 5.91 Å². The quantitative estimate of drug-likeness (QED) is 0.899. The Bertz CT molecular complexity index is 753. The van der Waals surface area contributed by atoms with Gasteiger partial charge in [-0.1, -0.05) is 32.6 Å². The molecule has 26 heavy (non-hydrogen) atoms. The van der Waals surface area contributed by atoms with Gasteiger partial charge in [-0.15, -0.1) is 0 Å². The maximum Gasteiger partial charge on any atom is 0.254 e. The molecule has 0 bridgehead atoms. The minimum absolute atomic E-state index is 0.0507. The third-order valence-corrected chi connectivity index (χ3v) is 4.06. The number of pyridine rings is 1. The molecule has 0 aliphatic carbocycles. The van der Waals surface area contributed by atoms with Gasteiger partial charge in [-0.2, -0.15) is 0 Å². The molecule has 138 valence electrons. The van der Waals surface area contributed by atoms with Crippen LogP contribution in [-0.4, -0.2) is 42.1 Å². The van der Waals surface area contributed by atoms with Crippen molar-refractivity contribution in [3.63, 3.8) is 0 Å². The zero-order valence-corrected chi connectivity index (χ0v) is 15.8. The van der Waals surface area contributed by atoms with E-state index in [1.54, 1.807) is 12.4 Å². The van der Waals surface area contributed by atoms with Crippen molar-refractivity contribution in [3.8, 4) is 11.1 Å². The number of carbonyl (C=O) groups excluding carboxylic acids is 1. The molecule has 5 heteroatoms. The van der Waals surface area contributed by atoms with Crippen molar-refractivity contribution in [2.75, 3.05) is 31.6 Å². The maximum absolute atomic E-state index is 12.6. The van der Waals surface area contributed by atoms with E-state index in [1.165, 1.54) is 0 Å². The highest BCUT2D eigenvalue weighted by Gasteiger charge is 2.18. The Hall–Kier alpha value is -2.66. The lowest BCUT2D eigenvalue weighted by Gasteiger charge is -2.27. The van der Waals surface area contributed by atoms with Gasteiger partial charge in [-0.25, -0.2) is 4.98 Å². The molecule has 1 aromatic heterocycles. The number of benzene rings is 1. The van der Waals surface area contributed by atoms with Crippen LogP contribution in [0, 0.1) is 6.92 Å². The van der Waals surface area contributed by atoms with Gasteiger partial charge in [-0.3, -0.25) is 4.79 Å². The molecule has 1 fully saturated rings. The number of anilines is 1. The molecule has 0 spiro atoms. The Morgan fingerprint density at radius 1 is 1.23 bits per heavy atom. The molecule has 3 rings (SSSR count). The van der Waals surface area contributed by atoms with Crippen LogP contribution in [0.4, 0.5) is 5.82 Å². The maximum atomic E-state index is 12.6. The molecule has 1 saturated heterocycles. The third kappa shape index (κ3) is 4.70. The number of rotatable bonds is 4. The highest BCUT2D eigenvalue weighted by Crippen LogP contribution is 2.24. The molecule has 0 unspecified atom stereocenters. The van der Waals surface area contributed by atoms with E-state index in [1.807, 2.05) is 49.9 Å². The first-order chi connectivity index (χ1) is 12.7. The summed E-state index contributed by atoms with van der Waals surface area (Å²) < 4.78 is 5.31. The molecule has 5 nitrogen and oxygen atoms in total. The number of hydrogen-bond donors (Lipinski definition) is 1. The van der Waals surface area contributed by atoms with Gasteiger partial charge in [0.15, 0.2) is 0 Å². The topological polar surface area (TPSA) is 54.5 Å². The Morgan fingerprint density at radius 3 is 2.62 bits per heavy atom. The number of hydrogen-bond acceptors (Lipinski definition) is 4. The van der Waals surface area contributed by atoms with Crippen LogP contribution in [0.25, 0.3) is 11.1 Å². The minimum Gasteiger partial charge on any atom is -0.378 e. The van der Waals surface area contributed by atoms with Crippen LogP contribution in [0.15, 0.2) is 49.3 Å². The first-order valence-corrected chi connectivity index (χ1v) is 9.00. The van der Waals surface area contributed by atoms with E-state index in [0.717, 1.165) is 22.5 Å². The van der Waals surface area contributed by atoms with Crippen molar-refractivity contribution >= 4 is 11.7 Å². The highest BCUT2D eigenvalue weighted by molar-refractivity contribution is 5.95. The second kappa shape index (κ2) is 9.73. The number of carbonyl (C=O) groups is 1. The van der Waals surface area contributed by atoms with E-state index in [0.29, 0.717) is 31.9 Å². The molecular formula is C21H27N3O2. The number of nitrogens with one attached hydrogen (secondary N) is 1. The van der Waals surface area contributed by atoms with E-state index in [9.17, 15) is 4.79 Å². The molecular weight excluding hydrogens is 326 g/mol. The first-order valence-electron chi connectivity index (χ1n) is 9.00. The number of morpholine rings is 1. The van der Waals surface area contributed by atoms with Crippen molar-refractivity contribution in [1.29, 1.82) is 0 Å². The van der Waals surface area contributed by atoms with Gasteiger partial charge in [0.1, 0.15) is 5.82 Å². The third-order valence-electron chi connectivity index (χ3n) is 4.06. The zero-order chi connectivity index (χ0) is 18.9. The number of ether oxygens (including phenoxy) is 1. The Labute approximate surface area is 155 Å². The van der Waals surface area contributed by atoms with Crippen LogP contribution >= 0.6 is 0 Å². The predicted molar refractivity (Wildman–Crippen MR) is 106 cm³/mol. The fourth-order valence-electron chi connectivity index (χ4n) is 2.76. The average Bonchev–Trinajstić information content (AvgIpc) is 2.71. The van der Waals surface area contributed by atoms with Crippen LogP contribution in [0.5, 0.6) is 0 Å². The van der Waals surface area contributed by atoms with Crippen molar-refractivity contribution in [2.24, 2.45) is 0 Å². The lowest BCUT2D eigenvalue weighted by atomic mass is 10.0. The molecule has 0 radical (unpaired) electrons. The first kappa shape index (κ1) is 19.7. The molecule has 2 heterocycles. The van der Waals surface area contributed by atoms with E-state index < -0.39 is 0 Å². The Balaban J connectivity index is 0.00000117. The van der Waals surface area contributed by atoms with Gasteiger partial charge >= 0.3 is 0 Å². The average molecular weight is 353 g/mol. The largest absolute Gasteiger partial charge is 0.378 e. The number of amides is 1. The lowest BCUT2D eigenvalue weighted by molar-refractivity contribution is 0.0303. The standard InChI is InChI=1S/C19H21N3O2.C2H6/c1-3-20-18-14(2)11-17(13-21-18)15-5-4-6-16(12-15)19(23)22-7-9-24-10-8-22;1-2/h3-6,11-13H,1,7-10H2,2H3,(H,20,21);1-2H3. The Kier molecular flexibility index (Phi) is 7.36. The molecule has 1 N–H and O–H groups in total. The SMILES string of the molecule is C=CNc1ncc(-c2cccc(C(=O)N3CCOCC3)c2)cc1C.CC. The van der Waals surface area contributed by atoms with E-state index >= 15 is 0 Å². The molecule has 2 aromatic rings. The van der Waals surface area contributed by atoms with Gasteiger partial charge < -0.3 is 15.0 Å². The number of aryl methyl sites for hydroxylation is 1. The van der Waals surface area contributed by atoms with Crippen molar-refractivity contribution < 1.29 is 9.53 Å². The molecule has 1 aromatic carbocycles. The summed E-state index contributed by atoms with van der Waals surface area (Å²) in [6, 6.07) is 9.74. The van der Waals surface area contributed by atoms with Gasteiger partial charge in [0, 0.05) is 30.4 Å². The molecule has 1 aliphatic heterocycles. The molecule has 0 saturated carbocycles. The predicted octanol–water partition coefficient (Wildman–Crippen LogP) is 4.11. The van der Waals surface area contributed by atoms with Gasteiger partial charge in [0.2, 0.25) is 0 Å². The summed E-state index contributed by atoms with van der Waals surface area (Å²) in [5.41, 5.74) is 3.69. The summed E-state index contributed by atoms with van der Waals surface area (Å²) >= 11 is 0. The summed E-state index contributed by atoms with van der Waals surface area (Å²) in [6.07, 6.45) is 3.41. The second-order valence-corrected chi connectivity index (χ2v) is 5.72. The number of nitrogens with zero attached hydrogens (tertiary/aromatic N) is 2. The fourth-order valence-corrected chi connectivity index (χ4v) is 2.76. The minimum atomic E-state index is 0.0507. The molecule has 1 aliphatic rings. The van der Waals surface area contributed by atoms with Crippen molar-refractivity contribution in [2.45, 2.75) is 20.8 Å². The summed E-state index contributed by atoms with van der Waals surface area (Å²) in [5, 5.41) is 3.01. The van der Waals surface area contributed by atoms with Crippen LogP contribution in [-0.2, 0) is 4.74 Å². The Morgan fingerprint density at radius 2 is 1.96 bits per heavy atom. The summed E-state index contributed by atoms with van der Waals surface area (Å²) in [7, 11) is 0. The lowest BCUT2D eigenvalue weighted by Crippen LogP contribution is -2.40. The van der Waals surface area contributed by atoms with Crippen molar-refractivity contribution in [3.05, 3.63) is 60.4 Å². The van der Waals surface area contributed by atoms with Crippen LogP contribution in [0.1, 0.15) is 29.8 Å².